The van der Waals surface area contributed by atoms with Crippen LogP contribution in [-0.4, -0.2) is 59.4 Å². The van der Waals surface area contributed by atoms with E-state index in [4.69, 9.17) is 4.74 Å². The van der Waals surface area contributed by atoms with Gasteiger partial charge in [0.15, 0.2) is 5.60 Å². The fraction of sp³-hybridized carbons (Fsp3) is 0.548. The minimum atomic E-state index is -0.922. The maximum absolute atomic E-state index is 13.7. The highest BCUT2D eigenvalue weighted by atomic mass is 79.9. The summed E-state index contributed by atoms with van der Waals surface area (Å²) in [6.07, 6.45) is 7.42. The molecule has 0 N–H and O–H groups in total. The highest BCUT2D eigenvalue weighted by molar-refractivity contribution is 9.10. The molecule has 1 aliphatic carbocycles. The summed E-state index contributed by atoms with van der Waals surface area (Å²) in [5.74, 6) is 1.01. The zero-order valence-corrected chi connectivity index (χ0v) is 24.3. The largest absolute Gasteiger partial charge is 0.478 e. The summed E-state index contributed by atoms with van der Waals surface area (Å²) in [5.41, 5.74) is 1.30. The Morgan fingerprint density at radius 3 is 2.42 bits per heavy atom. The average Bonchev–Trinajstić information content (AvgIpc) is 3.78. The summed E-state index contributed by atoms with van der Waals surface area (Å²) in [7, 11) is 0. The molecule has 2 amide bonds. The number of likely N-dealkylation sites (tertiary alicyclic amines) is 1. The number of piperidine rings is 2. The number of hydrogen-bond donors (Lipinski definition) is 0. The minimum absolute atomic E-state index is 0.0125. The number of ether oxygens (including phenoxy) is 1. The third kappa shape index (κ3) is 6.53. The number of benzene rings is 2. The molecule has 3 aliphatic rings. The highest BCUT2D eigenvalue weighted by Gasteiger charge is 2.38. The number of carbonyl (C=O) groups excluding carboxylic acids is 2. The van der Waals surface area contributed by atoms with E-state index in [1.54, 1.807) is 0 Å². The molecular formula is C31H40BrN3O3. The summed E-state index contributed by atoms with van der Waals surface area (Å²) in [5, 5.41) is 0. The van der Waals surface area contributed by atoms with Crippen LogP contribution in [0.15, 0.2) is 53.0 Å². The molecule has 0 aromatic heterocycles. The Balaban J connectivity index is 1.24. The number of anilines is 1. The molecule has 1 atom stereocenters. The maximum Gasteiger partial charge on any atom is 0.266 e. The van der Waals surface area contributed by atoms with Crippen molar-refractivity contribution in [3.63, 3.8) is 0 Å². The van der Waals surface area contributed by atoms with E-state index in [0.29, 0.717) is 24.9 Å². The Hall–Kier alpha value is -2.54. The summed E-state index contributed by atoms with van der Waals surface area (Å²) in [4.78, 5) is 33.2. The second kappa shape index (κ2) is 11.7. The molecule has 6 nitrogen and oxygen atoms in total. The van der Waals surface area contributed by atoms with Crippen molar-refractivity contribution in [2.24, 2.45) is 5.92 Å². The smallest absolute Gasteiger partial charge is 0.266 e. The molecule has 204 valence electrons. The topological polar surface area (TPSA) is 53.1 Å². The SMILES string of the molecule is CC(C)(Oc1cccc(N2CCCC(C(=O)N(Cc3ccc(Br)cc3)C3CC3)C2)c1)C(=O)N1CCCCC1. The van der Waals surface area contributed by atoms with Gasteiger partial charge >= 0.3 is 0 Å². The summed E-state index contributed by atoms with van der Waals surface area (Å²) in [6, 6.07) is 16.7. The molecule has 2 heterocycles. The summed E-state index contributed by atoms with van der Waals surface area (Å²) >= 11 is 3.51. The van der Waals surface area contributed by atoms with E-state index in [2.05, 4.69) is 43.9 Å². The first-order valence-corrected chi connectivity index (χ1v) is 15.0. The van der Waals surface area contributed by atoms with Gasteiger partial charge in [0.2, 0.25) is 5.91 Å². The zero-order valence-electron chi connectivity index (χ0n) is 22.7. The van der Waals surface area contributed by atoms with Crippen LogP contribution < -0.4 is 9.64 Å². The molecule has 38 heavy (non-hydrogen) atoms. The first kappa shape index (κ1) is 27.0. The van der Waals surface area contributed by atoms with E-state index < -0.39 is 5.60 Å². The van der Waals surface area contributed by atoms with Gasteiger partial charge in [0.25, 0.3) is 5.91 Å². The number of carbonyl (C=O) groups is 2. The Morgan fingerprint density at radius 1 is 0.974 bits per heavy atom. The molecule has 0 bridgehead atoms. The van der Waals surface area contributed by atoms with Gasteiger partial charge in [-0.1, -0.05) is 34.1 Å². The van der Waals surface area contributed by atoms with Crippen LogP contribution in [0.3, 0.4) is 0 Å². The molecule has 2 aromatic rings. The quantitative estimate of drug-likeness (QED) is 0.382. The van der Waals surface area contributed by atoms with E-state index in [0.717, 1.165) is 68.3 Å². The molecule has 7 heteroatoms. The molecule has 0 radical (unpaired) electrons. The number of rotatable bonds is 8. The van der Waals surface area contributed by atoms with Gasteiger partial charge in [0.05, 0.1) is 5.92 Å². The highest BCUT2D eigenvalue weighted by Crippen LogP contribution is 2.34. The van der Waals surface area contributed by atoms with Crippen LogP contribution in [0.4, 0.5) is 5.69 Å². The van der Waals surface area contributed by atoms with Crippen LogP contribution in [0.2, 0.25) is 0 Å². The first-order valence-electron chi connectivity index (χ1n) is 14.2. The Bertz CT molecular complexity index is 1130. The Kier molecular flexibility index (Phi) is 8.32. The molecule has 2 saturated heterocycles. The molecule has 2 aliphatic heterocycles. The third-order valence-electron chi connectivity index (χ3n) is 8.02. The summed E-state index contributed by atoms with van der Waals surface area (Å²) in [6.45, 7) is 7.66. The van der Waals surface area contributed by atoms with Crippen LogP contribution in [0.1, 0.15) is 64.4 Å². The molecule has 2 aromatic carbocycles. The molecule has 0 spiro atoms. The number of halogens is 1. The number of amides is 2. The van der Waals surface area contributed by atoms with Crippen LogP contribution in [0, 0.1) is 5.92 Å². The van der Waals surface area contributed by atoms with Gasteiger partial charge in [0, 0.05) is 55.0 Å². The van der Waals surface area contributed by atoms with Crippen molar-refractivity contribution in [1.82, 2.24) is 9.80 Å². The van der Waals surface area contributed by atoms with E-state index in [9.17, 15) is 9.59 Å². The molecule has 1 saturated carbocycles. The lowest BCUT2D eigenvalue weighted by Gasteiger charge is -2.37. The molecular weight excluding hydrogens is 542 g/mol. The Labute approximate surface area is 235 Å². The van der Waals surface area contributed by atoms with Crippen LogP contribution in [0.5, 0.6) is 5.75 Å². The van der Waals surface area contributed by atoms with Crippen molar-refractivity contribution >= 4 is 33.4 Å². The second-order valence-electron chi connectivity index (χ2n) is 11.6. The van der Waals surface area contributed by atoms with Gasteiger partial charge in [-0.2, -0.15) is 0 Å². The van der Waals surface area contributed by atoms with Crippen molar-refractivity contribution < 1.29 is 14.3 Å². The fourth-order valence-corrected chi connectivity index (χ4v) is 6.03. The molecule has 5 rings (SSSR count). The van der Waals surface area contributed by atoms with Gasteiger partial charge in [-0.05, 0) is 88.6 Å². The number of nitrogens with zero attached hydrogens (tertiary/aromatic N) is 3. The lowest BCUT2D eigenvalue weighted by molar-refractivity contribution is -0.146. The standard InChI is InChI=1S/C31H40BrN3O3/c1-31(2,30(37)33-17-4-3-5-18-33)38-28-10-6-9-27(20-28)34-19-7-8-24(22-34)29(36)35(26-15-16-26)21-23-11-13-25(32)14-12-23/h6,9-14,20,24,26H,3-5,7-8,15-19,21-22H2,1-2H3. The van der Waals surface area contributed by atoms with Crippen LogP contribution in [0.25, 0.3) is 0 Å². The average molecular weight is 583 g/mol. The van der Waals surface area contributed by atoms with Crippen molar-refractivity contribution in [1.29, 1.82) is 0 Å². The predicted octanol–water partition coefficient (Wildman–Crippen LogP) is 6.03. The maximum atomic E-state index is 13.7. The van der Waals surface area contributed by atoms with Gasteiger partial charge in [-0.3, -0.25) is 9.59 Å². The lowest BCUT2D eigenvalue weighted by Crippen LogP contribution is -2.50. The van der Waals surface area contributed by atoms with E-state index in [1.165, 1.54) is 12.0 Å². The lowest BCUT2D eigenvalue weighted by atomic mass is 9.95. The predicted molar refractivity (Wildman–Crippen MR) is 154 cm³/mol. The van der Waals surface area contributed by atoms with Crippen molar-refractivity contribution in [3.8, 4) is 5.75 Å². The zero-order chi connectivity index (χ0) is 26.7. The normalized spacial score (nSPS) is 20.2. The third-order valence-corrected chi connectivity index (χ3v) is 8.55. The second-order valence-corrected chi connectivity index (χ2v) is 12.5. The van der Waals surface area contributed by atoms with Gasteiger partial charge < -0.3 is 19.4 Å². The molecule has 1 unspecified atom stereocenters. The van der Waals surface area contributed by atoms with E-state index >= 15 is 0 Å². The van der Waals surface area contributed by atoms with Crippen molar-refractivity contribution in [2.75, 3.05) is 31.1 Å². The van der Waals surface area contributed by atoms with E-state index in [1.807, 2.05) is 49.1 Å². The minimum Gasteiger partial charge on any atom is -0.478 e. The first-order chi connectivity index (χ1) is 18.3. The van der Waals surface area contributed by atoms with Crippen molar-refractivity contribution in [2.45, 2.75) is 77.0 Å². The monoisotopic (exact) mass is 581 g/mol. The van der Waals surface area contributed by atoms with Gasteiger partial charge in [-0.15, -0.1) is 0 Å². The van der Waals surface area contributed by atoms with E-state index in [-0.39, 0.29) is 17.7 Å². The van der Waals surface area contributed by atoms with Gasteiger partial charge in [0.1, 0.15) is 5.75 Å². The fourth-order valence-electron chi connectivity index (χ4n) is 5.77. The Morgan fingerprint density at radius 2 is 1.71 bits per heavy atom. The molecule has 3 fully saturated rings. The van der Waals surface area contributed by atoms with Crippen LogP contribution >= 0.6 is 15.9 Å². The van der Waals surface area contributed by atoms with Gasteiger partial charge in [-0.25, -0.2) is 0 Å². The summed E-state index contributed by atoms with van der Waals surface area (Å²) < 4.78 is 7.33. The van der Waals surface area contributed by atoms with Crippen molar-refractivity contribution in [3.05, 3.63) is 58.6 Å². The van der Waals surface area contributed by atoms with Crippen LogP contribution in [-0.2, 0) is 16.1 Å². The number of hydrogen-bond acceptors (Lipinski definition) is 4.